The van der Waals surface area contributed by atoms with Gasteiger partial charge in [0.1, 0.15) is 0 Å². The molecule has 3 aliphatic rings. The van der Waals surface area contributed by atoms with Crippen molar-refractivity contribution >= 4 is 59.8 Å². The summed E-state index contributed by atoms with van der Waals surface area (Å²) in [5.74, 6) is 1.32. The van der Waals surface area contributed by atoms with Crippen molar-refractivity contribution in [1.29, 1.82) is 0 Å². The van der Waals surface area contributed by atoms with E-state index >= 15 is 0 Å². The number of rotatable bonds is 4. The first kappa shape index (κ1) is 43.9. The van der Waals surface area contributed by atoms with E-state index in [1.165, 1.54) is 6.17 Å². The van der Waals surface area contributed by atoms with Gasteiger partial charge >= 0.3 is 49.4 Å². The molecular formula is C25H55I2N4O3SiV-. The van der Waals surface area contributed by atoms with Crippen molar-refractivity contribution in [3.05, 3.63) is 19.6 Å². The summed E-state index contributed by atoms with van der Waals surface area (Å²) in [4.78, 5) is 30.4. The van der Waals surface area contributed by atoms with Crippen LogP contribution in [0, 0.1) is 19.3 Å². The van der Waals surface area contributed by atoms with E-state index in [4.69, 9.17) is 4.74 Å². The fourth-order valence-electron chi connectivity index (χ4n) is 4.28. The zero-order valence-electron chi connectivity index (χ0n) is 23.0. The molecule has 7 nitrogen and oxygen atoms in total. The Bertz CT molecular complexity index is 641. The molecular weight excluding hydrogens is 737 g/mol. The number of amides is 2. The van der Waals surface area contributed by atoms with Crippen LogP contribution in [0.15, 0.2) is 12.2 Å². The second-order valence-corrected chi connectivity index (χ2v) is 27.5. The number of carbonyl (C=O) groups is 2. The maximum absolute atomic E-state index is 11.6. The van der Waals surface area contributed by atoms with Crippen LogP contribution in [-0.4, -0.2) is 113 Å². The second kappa shape index (κ2) is 21.6. The maximum atomic E-state index is 11.6. The van der Waals surface area contributed by atoms with Gasteiger partial charge in [0, 0.05) is 58.4 Å². The van der Waals surface area contributed by atoms with Gasteiger partial charge in [-0.3, -0.25) is 14.5 Å². The van der Waals surface area contributed by atoms with Gasteiger partial charge in [0.05, 0.1) is 20.7 Å². The predicted octanol–water partition coefficient (Wildman–Crippen LogP) is 5.32. The number of likely N-dealkylation sites (tertiary alicyclic amines) is 2. The number of nitrogens with zero attached hydrogens (tertiary/aromatic N) is 4. The van der Waals surface area contributed by atoms with Gasteiger partial charge in [-0.2, -0.15) is 0 Å². The quantitative estimate of drug-likeness (QED) is 0.167. The molecule has 2 amide bonds. The second-order valence-electron chi connectivity index (χ2n) is 10.3. The SMILES string of the molecule is C.C.COCN(C)C[Si](C)(C)C.C[C@H]1C=CC(=O)N1C.C[C@H]1[C@@H]2CN(C)C[C@@H]2C(=O)N1C.[CH3-].[I][V][I]. The van der Waals surface area contributed by atoms with Gasteiger partial charge < -0.3 is 26.9 Å². The van der Waals surface area contributed by atoms with Crippen molar-refractivity contribution < 1.29 is 23.8 Å². The molecule has 0 N–H and O–H groups in total. The molecule has 2 fully saturated rings. The van der Waals surface area contributed by atoms with Gasteiger partial charge in [-0.1, -0.05) is 40.6 Å². The van der Waals surface area contributed by atoms with E-state index in [0.29, 0.717) is 33.4 Å². The average molecular weight is 793 g/mol. The summed E-state index contributed by atoms with van der Waals surface area (Å²) in [6, 6.07) is 0.731. The Labute approximate surface area is 254 Å². The van der Waals surface area contributed by atoms with E-state index in [1.807, 2.05) is 24.9 Å². The molecule has 11 heteroatoms. The predicted molar refractivity (Wildman–Crippen MR) is 174 cm³/mol. The van der Waals surface area contributed by atoms with E-state index in [2.05, 4.69) is 90.4 Å². The molecule has 0 aromatic rings. The minimum atomic E-state index is -0.912. The number of methoxy groups -OCH3 is 1. The summed E-state index contributed by atoms with van der Waals surface area (Å²) >= 11 is 4.74. The van der Waals surface area contributed by atoms with Crippen LogP contribution in [0.25, 0.3) is 0 Å². The molecule has 0 saturated carbocycles. The molecule has 4 atom stereocenters. The first-order valence-electron chi connectivity index (χ1n) is 11.2. The first-order chi connectivity index (χ1) is 15.2. The molecule has 36 heavy (non-hydrogen) atoms. The topological polar surface area (TPSA) is 56.3 Å². The van der Waals surface area contributed by atoms with Crippen LogP contribution in [0.1, 0.15) is 28.7 Å². The van der Waals surface area contributed by atoms with Gasteiger partial charge in [-0.05, 0) is 34.1 Å². The Balaban J connectivity index is -0.000000197. The van der Waals surface area contributed by atoms with Crippen LogP contribution < -0.4 is 0 Å². The number of hydrogen-bond acceptors (Lipinski definition) is 5. The monoisotopic (exact) mass is 792 g/mol. The summed E-state index contributed by atoms with van der Waals surface area (Å²) in [5, 5.41) is 0. The number of halogens is 2. The summed E-state index contributed by atoms with van der Waals surface area (Å²) in [5.41, 5.74) is 0. The van der Waals surface area contributed by atoms with E-state index in [9.17, 15) is 9.59 Å². The Morgan fingerprint density at radius 2 is 1.58 bits per heavy atom. The molecule has 0 spiro atoms. The van der Waals surface area contributed by atoms with Gasteiger partial charge in [-0.15, -0.1) is 0 Å². The van der Waals surface area contributed by atoms with Crippen molar-refractivity contribution in [2.24, 2.45) is 11.8 Å². The van der Waals surface area contributed by atoms with E-state index < -0.39 is 8.07 Å². The Morgan fingerprint density at radius 3 is 1.89 bits per heavy atom. The summed E-state index contributed by atoms with van der Waals surface area (Å²) in [7, 11) is 9.37. The van der Waals surface area contributed by atoms with E-state index in [1.54, 1.807) is 25.1 Å². The number of likely N-dealkylation sites (N-methyl/N-ethyl adjacent to an activating group) is 1. The zero-order chi connectivity index (χ0) is 25.9. The molecule has 3 rings (SSSR count). The van der Waals surface area contributed by atoms with Crippen LogP contribution in [0.5, 0.6) is 0 Å². The molecule has 0 aliphatic carbocycles. The standard InChI is InChI=1S/C9H16N2O.C7H19NOSi.C6H9NO.2CH4.CH3.2HI.V/c1-6-7-4-10(2)5-8(7)9(12)11(6)3;1-8(6-9-2)7-10(3,4)5;1-5-3-4-6(8)7(5)2;;;;;;/h6-8H,4-5H2,1-3H3;6-7H2,1-5H3;3-5H,1-2H3;2*1H4;1H3;2*1H;/q;;;;;-1;;;+2/p-2/t6-,7-,8-;;5-;;;;;;/m0.0....../s1. The Kier molecular flexibility index (Phi) is 26.3. The fourth-order valence-corrected chi connectivity index (χ4v) is 5.99. The minimum absolute atomic E-state index is 0. The van der Waals surface area contributed by atoms with Crippen molar-refractivity contribution in [3.8, 4) is 0 Å². The molecule has 0 bridgehead atoms. The van der Waals surface area contributed by atoms with Crippen molar-refractivity contribution in [1.82, 2.24) is 19.6 Å². The average Bonchev–Trinajstić information content (AvgIpc) is 3.29. The third-order valence-corrected chi connectivity index (χ3v) is 7.50. The Hall–Kier alpha value is 0.821. The third kappa shape index (κ3) is 16.0. The van der Waals surface area contributed by atoms with Crippen LogP contribution in [-0.2, 0) is 23.8 Å². The molecule has 0 radical (unpaired) electrons. The van der Waals surface area contributed by atoms with Crippen LogP contribution in [0.2, 0.25) is 19.6 Å². The van der Waals surface area contributed by atoms with Crippen LogP contribution in [0.4, 0.5) is 0 Å². The number of ether oxygens (including phenoxy) is 1. The van der Waals surface area contributed by atoms with Crippen LogP contribution in [0.3, 0.4) is 0 Å². The summed E-state index contributed by atoms with van der Waals surface area (Å²) in [6.45, 7) is 14.0. The summed E-state index contributed by atoms with van der Waals surface area (Å²) in [6.07, 6.45) is 4.70. The Morgan fingerprint density at radius 1 is 1.08 bits per heavy atom. The van der Waals surface area contributed by atoms with Gasteiger partial charge in [0.15, 0.2) is 0 Å². The van der Waals surface area contributed by atoms with Gasteiger partial charge in [-0.25, -0.2) is 0 Å². The first-order valence-corrected chi connectivity index (χ1v) is 23.9. The third-order valence-electron chi connectivity index (χ3n) is 6.01. The van der Waals surface area contributed by atoms with Crippen molar-refractivity contribution in [2.75, 3.05) is 61.3 Å². The summed E-state index contributed by atoms with van der Waals surface area (Å²) < 4.78 is 5.00. The fraction of sp³-hybridized carbons (Fsp3) is 0.800. The van der Waals surface area contributed by atoms with Crippen molar-refractivity contribution in [2.45, 2.75) is 60.4 Å². The molecule has 0 aromatic carbocycles. The van der Waals surface area contributed by atoms with Gasteiger partial charge in [0.25, 0.3) is 0 Å². The molecule has 217 valence electrons. The molecule has 3 aliphatic heterocycles. The van der Waals surface area contributed by atoms with E-state index in [0.717, 1.165) is 19.8 Å². The van der Waals surface area contributed by atoms with Crippen molar-refractivity contribution in [3.63, 3.8) is 0 Å². The molecule has 0 unspecified atom stereocenters. The van der Waals surface area contributed by atoms with Crippen LogP contribution >= 0.6 is 40.0 Å². The number of carbonyl (C=O) groups excluding carboxylic acids is 2. The molecule has 0 aromatic heterocycles. The normalized spacial score (nSPS) is 24.1. The number of fused-ring (bicyclic) bond motifs is 1. The number of hydrogen-bond donors (Lipinski definition) is 0. The molecule has 2 saturated heterocycles. The van der Waals surface area contributed by atoms with Gasteiger partial charge in [0.2, 0.25) is 11.8 Å². The molecule has 3 heterocycles. The zero-order valence-corrected chi connectivity index (χ0v) is 29.7. The van der Waals surface area contributed by atoms with E-state index in [-0.39, 0.29) is 34.1 Å².